The lowest BCUT2D eigenvalue weighted by atomic mass is 9.91. The van der Waals surface area contributed by atoms with Gasteiger partial charge in [-0.05, 0) is 12.8 Å². The molecule has 1 aliphatic heterocycles. The molecule has 0 saturated carbocycles. The van der Waals surface area contributed by atoms with Crippen molar-refractivity contribution in [1.29, 1.82) is 0 Å². The van der Waals surface area contributed by atoms with E-state index < -0.39 is 10.5 Å². The van der Waals surface area contributed by atoms with Crippen molar-refractivity contribution in [2.24, 2.45) is 0 Å². The third-order valence-corrected chi connectivity index (χ3v) is 3.37. The molecule has 0 aliphatic carbocycles. The summed E-state index contributed by atoms with van der Waals surface area (Å²) >= 11 is 5.71. The van der Waals surface area contributed by atoms with Crippen LogP contribution < -0.4 is 5.32 Å². The van der Waals surface area contributed by atoms with Crippen LogP contribution in [-0.2, 0) is 4.74 Å². The van der Waals surface area contributed by atoms with E-state index in [2.05, 4.69) is 15.3 Å². The van der Waals surface area contributed by atoms with Crippen LogP contribution in [0.5, 0.6) is 0 Å². The van der Waals surface area contributed by atoms with Gasteiger partial charge in [0.2, 0.25) is 11.0 Å². The van der Waals surface area contributed by atoms with Gasteiger partial charge in [0, 0.05) is 13.2 Å². The molecule has 8 nitrogen and oxygen atoms in total. The fourth-order valence-electron chi connectivity index (χ4n) is 1.95. The highest BCUT2D eigenvalue weighted by Gasteiger charge is 2.35. The van der Waals surface area contributed by atoms with E-state index in [9.17, 15) is 15.2 Å². The van der Waals surface area contributed by atoms with Gasteiger partial charge in [0.15, 0.2) is 0 Å². The van der Waals surface area contributed by atoms with Crippen molar-refractivity contribution in [2.45, 2.75) is 18.4 Å². The maximum Gasteiger partial charge on any atom is 0.348 e. The molecule has 1 aromatic rings. The Morgan fingerprint density at radius 3 is 2.79 bits per heavy atom. The average molecular weight is 289 g/mol. The van der Waals surface area contributed by atoms with Crippen LogP contribution in [0.1, 0.15) is 12.8 Å². The summed E-state index contributed by atoms with van der Waals surface area (Å²) in [6.07, 6.45) is 2.20. The lowest BCUT2D eigenvalue weighted by molar-refractivity contribution is -0.384. The van der Waals surface area contributed by atoms with Crippen molar-refractivity contribution in [1.82, 2.24) is 9.97 Å². The van der Waals surface area contributed by atoms with Crippen molar-refractivity contribution in [3.05, 3.63) is 21.6 Å². The number of nitrogens with one attached hydrogen (secondary N) is 1. The molecule has 0 bridgehead atoms. The van der Waals surface area contributed by atoms with Crippen LogP contribution in [0.2, 0.25) is 5.15 Å². The second-order valence-corrected chi connectivity index (χ2v) is 4.65. The molecule has 1 fully saturated rings. The maximum atomic E-state index is 11.0. The molecule has 2 rings (SSSR count). The fourth-order valence-corrected chi connectivity index (χ4v) is 2.15. The Bertz CT molecular complexity index is 479. The molecule has 2 heterocycles. The molecule has 0 spiro atoms. The Labute approximate surface area is 113 Å². The third-order valence-electron chi connectivity index (χ3n) is 3.10. The van der Waals surface area contributed by atoms with Crippen molar-refractivity contribution < 1.29 is 14.8 Å². The molecule has 1 aromatic heterocycles. The van der Waals surface area contributed by atoms with E-state index in [0.717, 1.165) is 6.33 Å². The van der Waals surface area contributed by atoms with E-state index in [-0.39, 0.29) is 23.3 Å². The molecular formula is C10H13ClN4O4. The number of halogens is 1. The van der Waals surface area contributed by atoms with E-state index in [1.807, 2.05) is 0 Å². The smallest absolute Gasteiger partial charge is 0.348 e. The van der Waals surface area contributed by atoms with Crippen molar-refractivity contribution in [3.63, 3.8) is 0 Å². The minimum atomic E-state index is -0.680. The molecule has 0 unspecified atom stereocenters. The Balaban J connectivity index is 2.31. The highest BCUT2D eigenvalue weighted by atomic mass is 35.5. The number of nitro groups is 1. The Morgan fingerprint density at radius 2 is 2.21 bits per heavy atom. The lowest BCUT2D eigenvalue weighted by Crippen LogP contribution is -2.47. The summed E-state index contributed by atoms with van der Waals surface area (Å²) in [6.45, 7) is 0.773. The first-order valence-electron chi connectivity index (χ1n) is 5.70. The standard InChI is InChI=1S/C10H13ClN4O4/c11-8-7(15(17)18)9(13-6-12-8)14-10(5-16)1-3-19-4-2-10/h6,16H,1-5H2,(H,12,13,14). The Kier molecular flexibility index (Phi) is 4.13. The number of ether oxygens (including phenoxy) is 1. The van der Waals surface area contributed by atoms with E-state index in [1.54, 1.807) is 0 Å². The quantitative estimate of drug-likeness (QED) is 0.483. The second-order valence-electron chi connectivity index (χ2n) is 4.29. The molecule has 1 aliphatic rings. The van der Waals surface area contributed by atoms with E-state index >= 15 is 0 Å². The Morgan fingerprint density at radius 1 is 1.53 bits per heavy atom. The van der Waals surface area contributed by atoms with Crippen LogP contribution in [0.4, 0.5) is 11.5 Å². The first kappa shape index (κ1) is 13.9. The first-order chi connectivity index (χ1) is 9.08. The highest BCUT2D eigenvalue weighted by molar-refractivity contribution is 6.31. The predicted molar refractivity (Wildman–Crippen MR) is 67.2 cm³/mol. The summed E-state index contributed by atoms with van der Waals surface area (Å²) in [5.41, 5.74) is -1.07. The van der Waals surface area contributed by atoms with Crippen LogP contribution >= 0.6 is 11.6 Å². The van der Waals surface area contributed by atoms with Crippen molar-refractivity contribution >= 4 is 23.1 Å². The summed E-state index contributed by atoms with van der Waals surface area (Å²) in [6, 6.07) is 0. The zero-order chi connectivity index (χ0) is 13.9. The van der Waals surface area contributed by atoms with Crippen molar-refractivity contribution in [3.8, 4) is 0 Å². The fraction of sp³-hybridized carbons (Fsp3) is 0.600. The van der Waals surface area contributed by atoms with Crippen LogP contribution in [0.15, 0.2) is 6.33 Å². The van der Waals surface area contributed by atoms with Gasteiger partial charge in [0.1, 0.15) is 6.33 Å². The SMILES string of the molecule is O=[N+]([O-])c1c(Cl)ncnc1NC1(CO)CCOCC1. The number of hydrogen-bond donors (Lipinski definition) is 2. The van der Waals surface area contributed by atoms with Gasteiger partial charge in [-0.25, -0.2) is 9.97 Å². The van der Waals surface area contributed by atoms with E-state index in [4.69, 9.17) is 16.3 Å². The summed E-state index contributed by atoms with van der Waals surface area (Å²) in [5, 5.41) is 23.2. The number of anilines is 1. The van der Waals surface area contributed by atoms with Gasteiger partial charge in [-0.15, -0.1) is 0 Å². The highest BCUT2D eigenvalue weighted by Crippen LogP contribution is 2.33. The van der Waals surface area contributed by atoms with Gasteiger partial charge in [-0.2, -0.15) is 0 Å². The van der Waals surface area contributed by atoms with Crippen LogP contribution in [0, 0.1) is 10.1 Å². The van der Waals surface area contributed by atoms with Crippen LogP contribution in [0.3, 0.4) is 0 Å². The lowest BCUT2D eigenvalue weighted by Gasteiger charge is -2.36. The molecule has 0 amide bonds. The van der Waals surface area contributed by atoms with Crippen LogP contribution in [-0.4, -0.2) is 45.4 Å². The average Bonchev–Trinajstić information content (AvgIpc) is 2.39. The molecule has 1 saturated heterocycles. The topological polar surface area (TPSA) is 110 Å². The number of aromatic nitrogens is 2. The number of rotatable bonds is 4. The van der Waals surface area contributed by atoms with Crippen molar-refractivity contribution in [2.75, 3.05) is 25.1 Å². The van der Waals surface area contributed by atoms with Gasteiger partial charge >= 0.3 is 5.69 Å². The molecule has 9 heteroatoms. The van der Waals surface area contributed by atoms with E-state index in [1.165, 1.54) is 0 Å². The number of nitrogens with zero attached hydrogens (tertiary/aromatic N) is 3. The second kappa shape index (κ2) is 5.64. The third kappa shape index (κ3) is 2.91. The molecule has 104 valence electrons. The largest absolute Gasteiger partial charge is 0.394 e. The Hall–Kier alpha value is -1.51. The molecule has 19 heavy (non-hydrogen) atoms. The van der Waals surface area contributed by atoms with Gasteiger partial charge in [-0.1, -0.05) is 11.6 Å². The number of aliphatic hydroxyl groups is 1. The number of aliphatic hydroxyl groups excluding tert-OH is 1. The molecular weight excluding hydrogens is 276 g/mol. The predicted octanol–water partition coefficient (Wildman–Crippen LogP) is 0.992. The maximum absolute atomic E-state index is 11.0. The van der Waals surface area contributed by atoms with Gasteiger partial charge in [-0.3, -0.25) is 10.1 Å². The molecule has 2 N–H and O–H groups in total. The normalized spacial score (nSPS) is 18.0. The van der Waals surface area contributed by atoms with Gasteiger partial charge < -0.3 is 15.2 Å². The first-order valence-corrected chi connectivity index (χ1v) is 6.07. The molecule has 0 radical (unpaired) electrons. The molecule has 0 aromatic carbocycles. The minimum Gasteiger partial charge on any atom is -0.394 e. The monoisotopic (exact) mass is 288 g/mol. The zero-order valence-electron chi connectivity index (χ0n) is 10.0. The molecule has 0 atom stereocenters. The summed E-state index contributed by atoms with van der Waals surface area (Å²) in [7, 11) is 0. The summed E-state index contributed by atoms with van der Waals surface area (Å²) in [5.74, 6) is 0.0148. The van der Waals surface area contributed by atoms with E-state index in [0.29, 0.717) is 26.1 Å². The zero-order valence-corrected chi connectivity index (χ0v) is 10.8. The number of hydrogen-bond acceptors (Lipinski definition) is 7. The summed E-state index contributed by atoms with van der Waals surface area (Å²) in [4.78, 5) is 17.8. The van der Waals surface area contributed by atoms with Gasteiger partial charge in [0.05, 0.1) is 17.1 Å². The van der Waals surface area contributed by atoms with Gasteiger partial charge in [0.25, 0.3) is 0 Å². The minimum absolute atomic E-state index is 0.0148. The summed E-state index contributed by atoms with van der Waals surface area (Å²) < 4.78 is 5.22. The van der Waals surface area contributed by atoms with Crippen LogP contribution in [0.25, 0.3) is 0 Å².